The number of benzene rings is 1. The molecule has 108 valence electrons. The third kappa shape index (κ3) is 2.77. The molecule has 0 saturated heterocycles. The van der Waals surface area contributed by atoms with E-state index >= 15 is 0 Å². The molecular weight excluding hydrogens is 264 g/mol. The van der Waals surface area contributed by atoms with Crippen LogP contribution in [0, 0.1) is 0 Å². The number of nitrogens with two attached hydrogens (primary N) is 2. The summed E-state index contributed by atoms with van der Waals surface area (Å²) >= 11 is 0. The molecule has 21 heavy (non-hydrogen) atoms. The van der Waals surface area contributed by atoms with Gasteiger partial charge in [-0.05, 0) is 29.8 Å². The van der Waals surface area contributed by atoms with E-state index in [1.165, 1.54) is 0 Å². The van der Waals surface area contributed by atoms with Crippen molar-refractivity contribution in [2.75, 3.05) is 0 Å². The molecule has 0 unspecified atom stereocenters. The minimum Gasteiger partial charge on any atom is -0.464 e. The normalized spacial score (nSPS) is 11.2. The molecule has 0 spiro atoms. The summed E-state index contributed by atoms with van der Waals surface area (Å²) < 4.78 is 11.7. The fourth-order valence-corrected chi connectivity index (χ4v) is 2.43. The van der Waals surface area contributed by atoms with Crippen molar-refractivity contribution < 1.29 is 8.83 Å². The van der Waals surface area contributed by atoms with E-state index in [1.807, 2.05) is 42.5 Å². The van der Waals surface area contributed by atoms with E-state index < -0.39 is 0 Å². The second kappa shape index (κ2) is 5.99. The van der Waals surface area contributed by atoms with Crippen LogP contribution in [0.4, 0.5) is 0 Å². The highest BCUT2D eigenvalue weighted by Gasteiger charge is 2.23. The van der Waals surface area contributed by atoms with Crippen LogP contribution in [-0.4, -0.2) is 0 Å². The molecule has 4 N–H and O–H groups in total. The first-order valence-corrected chi connectivity index (χ1v) is 6.94. The Morgan fingerprint density at radius 3 is 1.67 bits per heavy atom. The standard InChI is InChI=1S/C17H18N2O2/c18-10-13-6-8-15(20-13)17(12-4-2-1-3-5-12)16-9-7-14(11-19)21-16/h1-9,17H,10-11,18-19H2. The molecule has 0 aliphatic carbocycles. The Labute approximate surface area is 123 Å². The van der Waals surface area contributed by atoms with Crippen molar-refractivity contribution in [2.24, 2.45) is 11.5 Å². The van der Waals surface area contributed by atoms with E-state index in [9.17, 15) is 0 Å². The Morgan fingerprint density at radius 2 is 1.24 bits per heavy atom. The second-order valence-corrected chi connectivity index (χ2v) is 4.86. The van der Waals surface area contributed by atoms with Gasteiger partial charge in [0.25, 0.3) is 0 Å². The van der Waals surface area contributed by atoms with Gasteiger partial charge in [-0.25, -0.2) is 0 Å². The molecule has 0 saturated carbocycles. The Balaban J connectivity index is 2.06. The molecule has 3 aromatic rings. The highest BCUT2D eigenvalue weighted by molar-refractivity contribution is 5.36. The van der Waals surface area contributed by atoms with Crippen molar-refractivity contribution in [2.45, 2.75) is 19.0 Å². The Kier molecular flexibility index (Phi) is 3.90. The summed E-state index contributed by atoms with van der Waals surface area (Å²) in [5.41, 5.74) is 12.4. The average Bonchev–Trinajstić information content (AvgIpc) is 3.18. The summed E-state index contributed by atoms with van der Waals surface area (Å²) in [4.78, 5) is 0. The first-order valence-electron chi connectivity index (χ1n) is 6.94. The molecule has 3 rings (SSSR count). The second-order valence-electron chi connectivity index (χ2n) is 4.86. The topological polar surface area (TPSA) is 78.3 Å². The lowest BCUT2D eigenvalue weighted by molar-refractivity contribution is 0.415. The number of hydrogen-bond acceptors (Lipinski definition) is 4. The zero-order chi connectivity index (χ0) is 14.7. The monoisotopic (exact) mass is 282 g/mol. The van der Waals surface area contributed by atoms with Crippen LogP contribution in [0.25, 0.3) is 0 Å². The highest BCUT2D eigenvalue weighted by atomic mass is 16.4. The van der Waals surface area contributed by atoms with Crippen LogP contribution in [0.5, 0.6) is 0 Å². The number of rotatable bonds is 5. The van der Waals surface area contributed by atoms with E-state index in [-0.39, 0.29) is 5.92 Å². The molecular formula is C17H18N2O2. The van der Waals surface area contributed by atoms with E-state index in [0.29, 0.717) is 13.1 Å². The predicted octanol–water partition coefficient (Wildman–Crippen LogP) is 2.97. The van der Waals surface area contributed by atoms with Crippen LogP contribution in [0.2, 0.25) is 0 Å². The van der Waals surface area contributed by atoms with Gasteiger partial charge < -0.3 is 20.3 Å². The maximum absolute atomic E-state index is 5.83. The molecule has 0 atom stereocenters. The zero-order valence-electron chi connectivity index (χ0n) is 11.7. The van der Waals surface area contributed by atoms with Crippen molar-refractivity contribution >= 4 is 0 Å². The van der Waals surface area contributed by atoms with Gasteiger partial charge in [0.1, 0.15) is 29.0 Å². The van der Waals surface area contributed by atoms with Gasteiger partial charge in [0, 0.05) is 0 Å². The lowest BCUT2D eigenvalue weighted by Gasteiger charge is -2.12. The smallest absolute Gasteiger partial charge is 0.119 e. The molecule has 4 nitrogen and oxygen atoms in total. The fraction of sp³-hybridized carbons (Fsp3) is 0.176. The van der Waals surface area contributed by atoms with Crippen molar-refractivity contribution in [3.8, 4) is 0 Å². The van der Waals surface area contributed by atoms with Crippen molar-refractivity contribution in [3.63, 3.8) is 0 Å². The van der Waals surface area contributed by atoms with Crippen molar-refractivity contribution in [1.29, 1.82) is 0 Å². The van der Waals surface area contributed by atoms with Crippen molar-refractivity contribution in [3.05, 3.63) is 83.2 Å². The molecule has 0 aliphatic heterocycles. The average molecular weight is 282 g/mol. The maximum atomic E-state index is 5.83. The van der Waals surface area contributed by atoms with Gasteiger partial charge in [0.05, 0.1) is 13.1 Å². The van der Waals surface area contributed by atoms with Gasteiger partial charge in [0.15, 0.2) is 0 Å². The van der Waals surface area contributed by atoms with Gasteiger partial charge in [-0.2, -0.15) is 0 Å². The van der Waals surface area contributed by atoms with Gasteiger partial charge in [-0.15, -0.1) is 0 Å². The Hall–Kier alpha value is -2.30. The molecule has 0 bridgehead atoms. The molecule has 0 amide bonds. The van der Waals surface area contributed by atoms with Crippen LogP contribution < -0.4 is 11.5 Å². The third-order valence-corrected chi connectivity index (χ3v) is 3.47. The quantitative estimate of drug-likeness (QED) is 0.754. The van der Waals surface area contributed by atoms with E-state index in [2.05, 4.69) is 12.1 Å². The van der Waals surface area contributed by atoms with E-state index in [0.717, 1.165) is 28.6 Å². The van der Waals surface area contributed by atoms with Crippen LogP contribution in [0.3, 0.4) is 0 Å². The SMILES string of the molecule is NCc1ccc(C(c2ccccc2)c2ccc(CN)o2)o1. The molecule has 0 radical (unpaired) electrons. The largest absolute Gasteiger partial charge is 0.464 e. The minimum atomic E-state index is -0.0909. The Bertz CT molecular complexity index is 658. The highest BCUT2D eigenvalue weighted by Crippen LogP contribution is 2.33. The van der Waals surface area contributed by atoms with Gasteiger partial charge in [-0.1, -0.05) is 30.3 Å². The number of hydrogen-bond donors (Lipinski definition) is 2. The lowest BCUT2D eigenvalue weighted by Crippen LogP contribution is -2.01. The lowest BCUT2D eigenvalue weighted by atomic mass is 9.94. The van der Waals surface area contributed by atoms with Crippen LogP contribution in [-0.2, 0) is 13.1 Å². The summed E-state index contributed by atoms with van der Waals surface area (Å²) in [5.74, 6) is 3.07. The minimum absolute atomic E-state index is 0.0909. The zero-order valence-corrected chi connectivity index (χ0v) is 11.7. The van der Waals surface area contributed by atoms with Gasteiger partial charge >= 0.3 is 0 Å². The maximum Gasteiger partial charge on any atom is 0.119 e. The van der Waals surface area contributed by atoms with Crippen molar-refractivity contribution in [1.82, 2.24) is 0 Å². The van der Waals surface area contributed by atoms with Gasteiger partial charge in [0.2, 0.25) is 0 Å². The van der Waals surface area contributed by atoms with E-state index in [4.69, 9.17) is 20.3 Å². The Morgan fingerprint density at radius 1 is 0.714 bits per heavy atom. The predicted molar refractivity (Wildman–Crippen MR) is 80.6 cm³/mol. The van der Waals surface area contributed by atoms with E-state index in [1.54, 1.807) is 0 Å². The first-order chi connectivity index (χ1) is 10.3. The van der Waals surface area contributed by atoms with Crippen LogP contribution >= 0.6 is 0 Å². The molecule has 2 aromatic heterocycles. The summed E-state index contributed by atoms with van der Waals surface area (Å²) in [5, 5.41) is 0. The molecule has 0 fully saturated rings. The molecule has 1 aromatic carbocycles. The molecule has 2 heterocycles. The first kappa shape index (κ1) is 13.7. The summed E-state index contributed by atoms with van der Waals surface area (Å²) in [6.45, 7) is 0.765. The van der Waals surface area contributed by atoms with Crippen LogP contribution in [0.15, 0.2) is 63.4 Å². The molecule has 4 heteroatoms. The van der Waals surface area contributed by atoms with Crippen LogP contribution in [0.1, 0.15) is 34.5 Å². The van der Waals surface area contributed by atoms with Gasteiger partial charge in [-0.3, -0.25) is 0 Å². The summed E-state index contributed by atoms with van der Waals surface area (Å²) in [6.07, 6.45) is 0. The summed E-state index contributed by atoms with van der Waals surface area (Å²) in [7, 11) is 0. The fourth-order valence-electron chi connectivity index (χ4n) is 2.43. The third-order valence-electron chi connectivity index (χ3n) is 3.47. The molecule has 0 aliphatic rings. The number of furan rings is 2. The summed E-state index contributed by atoms with van der Waals surface area (Å²) in [6, 6.07) is 17.8.